The first-order chi connectivity index (χ1) is 24.7. The van der Waals surface area contributed by atoms with Gasteiger partial charge in [-0.3, -0.25) is 19.2 Å². The predicted octanol–water partition coefficient (Wildman–Crippen LogP) is 0.382. The van der Waals surface area contributed by atoms with Crippen LogP contribution in [0.2, 0.25) is 0 Å². The highest BCUT2D eigenvalue weighted by Crippen LogP contribution is 2.26. The lowest BCUT2D eigenvalue weighted by molar-refractivity contribution is -0.127. The van der Waals surface area contributed by atoms with Gasteiger partial charge in [-0.1, -0.05) is 24.3 Å². The van der Waals surface area contributed by atoms with Gasteiger partial charge in [0.2, 0.25) is 23.6 Å². The maximum absolute atomic E-state index is 13.0. The molecule has 0 radical (unpaired) electrons. The topological polar surface area (TPSA) is 192 Å². The molecule has 0 saturated carbocycles. The number of allylic oxidation sites excluding steroid dienone is 1. The summed E-state index contributed by atoms with van der Waals surface area (Å²) in [6.07, 6.45) is 15.7. The first-order valence-electron chi connectivity index (χ1n) is 16.9. The van der Waals surface area contributed by atoms with Crippen LogP contribution >= 0.6 is 0 Å². The third kappa shape index (κ3) is 30.4. The Bertz CT molecular complexity index is 1020. The van der Waals surface area contributed by atoms with Gasteiger partial charge in [0, 0.05) is 57.3 Å². The fourth-order valence-corrected chi connectivity index (χ4v) is 4.34. The lowest BCUT2D eigenvalue weighted by Gasteiger charge is -2.35. The molecule has 0 aliphatic rings. The summed E-state index contributed by atoms with van der Waals surface area (Å²) in [5.41, 5.74) is -1.11. The van der Waals surface area contributed by atoms with Gasteiger partial charge in [-0.25, -0.2) is 0 Å². The minimum Gasteiger partial charge on any atom is -0.513 e. The van der Waals surface area contributed by atoms with Gasteiger partial charge < -0.3 is 54.8 Å². The fourth-order valence-electron chi connectivity index (χ4n) is 4.34. The Morgan fingerprint density at radius 3 is 1.16 bits per heavy atom. The third-order valence-corrected chi connectivity index (χ3v) is 6.91. The maximum atomic E-state index is 13.0. The number of terminal acetylenes is 3. The van der Waals surface area contributed by atoms with Crippen molar-refractivity contribution in [3.8, 4) is 37.0 Å². The van der Waals surface area contributed by atoms with Gasteiger partial charge in [0.15, 0.2) is 0 Å². The largest absolute Gasteiger partial charge is 0.513 e. The number of aliphatic hydroxyl groups excluding tert-OH is 1. The molecular formula is C36H56N4O11. The standard InChI is InChI=1S/C36H56N4O11/c1-5-19-46-25-28-49-22-16-37-32(42)10-13-36(40-35(45)9-8-31(4)41,14-11-33(43)38-17-23-50-29-26-47-20-6-2)15-12-34(44)39-18-24-51-30-27-48-21-7-3/h1-3,41H,4,8-30H2,(H,37,42)(H,38,43)(H,39,44)(H,40,45). The number of amides is 4. The zero-order chi connectivity index (χ0) is 37.8. The van der Waals surface area contributed by atoms with Crippen molar-refractivity contribution in [2.24, 2.45) is 0 Å². The number of ether oxygens (including phenoxy) is 6. The molecule has 0 bridgehead atoms. The lowest BCUT2D eigenvalue weighted by Crippen LogP contribution is -2.50. The molecule has 4 amide bonds. The summed E-state index contributed by atoms with van der Waals surface area (Å²) in [7, 11) is 0. The van der Waals surface area contributed by atoms with Crippen LogP contribution in [0, 0.1) is 37.0 Å². The van der Waals surface area contributed by atoms with E-state index in [9.17, 15) is 24.3 Å². The van der Waals surface area contributed by atoms with Crippen molar-refractivity contribution in [2.45, 2.75) is 56.9 Å². The quantitative estimate of drug-likeness (QED) is 0.0351. The number of hydrogen-bond acceptors (Lipinski definition) is 11. The maximum Gasteiger partial charge on any atom is 0.220 e. The second-order valence-electron chi connectivity index (χ2n) is 11.1. The van der Waals surface area contributed by atoms with E-state index < -0.39 is 11.4 Å². The van der Waals surface area contributed by atoms with Crippen molar-refractivity contribution in [2.75, 3.05) is 98.9 Å². The molecule has 15 nitrogen and oxygen atoms in total. The zero-order valence-corrected chi connectivity index (χ0v) is 29.7. The molecule has 0 rings (SSSR count). The van der Waals surface area contributed by atoms with Crippen LogP contribution in [0.4, 0.5) is 0 Å². The second-order valence-corrected chi connectivity index (χ2v) is 11.1. The summed E-state index contributed by atoms with van der Waals surface area (Å²) in [5.74, 6) is 5.59. The van der Waals surface area contributed by atoms with Gasteiger partial charge in [-0.2, -0.15) is 0 Å². The van der Waals surface area contributed by atoms with Crippen LogP contribution in [0.15, 0.2) is 12.3 Å². The van der Waals surface area contributed by atoms with E-state index in [2.05, 4.69) is 45.6 Å². The van der Waals surface area contributed by atoms with E-state index in [0.717, 1.165) is 0 Å². The van der Waals surface area contributed by atoms with E-state index in [4.69, 9.17) is 47.7 Å². The van der Waals surface area contributed by atoms with Gasteiger partial charge >= 0.3 is 0 Å². The molecule has 0 aromatic heterocycles. The van der Waals surface area contributed by atoms with Gasteiger partial charge in [0.05, 0.1) is 65.2 Å². The van der Waals surface area contributed by atoms with E-state index in [1.54, 1.807) is 0 Å². The fraction of sp³-hybridized carbons (Fsp3) is 0.667. The molecule has 0 heterocycles. The third-order valence-electron chi connectivity index (χ3n) is 6.91. The van der Waals surface area contributed by atoms with Crippen LogP contribution < -0.4 is 21.3 Å². The summed E-state index contributed by atoms with van der Waals surface area (Å²) < 4.78 is 31.7. The van der Waals surface area contributed by atoms with E-state index in [-0.39, 0.29) is 134 Å². The molecule has 15 heteroatoms. The molecule has 0 aromatic rings. The minimum absolute atomic E-state index is 0.00726. The molecule has 286 valence electrons. The van der Waals surface area contributed by atoms with Crippen LogP contribution in [0.3, 0.4) is 0 Å². The van der Waals surface area contributed by atoms with Crippen LogP contribution in [0.1, 0.15) is 51.4 Å². The van der Waals surface area contributed by atoms with E-state index >= 15 is 0 Å². The van der Waals surface area contributed by atoms with E-state index in [1.165, 1.54) is 0 Å². The highest BCUT2D eigenvalue weighted by Gasteiger charge is 2.33. The summed E-state index contributed by atoms with van der Waals surface area (Å²) >= 11 is 0. The number of carbonyl (C=O) groups excluding carboxylic acids is 4. The Morgan fingerprint density at radius 2 is 0.843 bits per heavy atom. The lowest BCUT2D eigenvalue weighted by atomic mass is 9.83. The number of nitrogens with one attached hydrogen (secondary N) is 4. The zero-order valence-electron chi connectivity index (χ0n) is 29.7. The van der Waals surface area contributed by atoms with E-state index in [0.29, 0.717) is 39.6 Å². The Morgan fingerprint density at radius 1 is 0.510 bits per heavy atom. The summed E-state index contributed by atoms with van der Waals surface area (Å²) in [4.78, 5) is 51.5. The predicted molar refractivity (Wildman–Crippen MR) is 190 cm³/mol. The Kier molecular flexibility index (Phi) is 30.3. The van der Waals surface area contributed by atoms with Crippen LogP contribution in [0.25, 0.3) is 0 Å². The van der Waals surface area contributed by atoms with Crippen LogP contribution in [-0.2, 0) is 47.6 Å². The average molecular weight is 721 g/mol. The van der Waals surface area contributed by atoms with E-state index in [1.807, 2.05) is 0 Å². The van der Waals surface area contributed by atoms with Crippen molar-refractivity contribution in [1.82, 2.24) is 21.3 Å². The summed E-state index contributed by atoms with van der Waals surface area (Å²) in [5, 5.41) is 20.8. The molecule has 0 spiro atoms. The number of aliphatic hydroxyl groups is 1. The molecule has 0 atom stereocenters. The van der Waals surface area contributed by atoms with Gasteiger partial charge in [-0.15, -0.1) is 19.3 Å². The highest BCUT2D eigenvalue weighted by molar-refractivity contribution is 5.80. The monoisotopic (exact) mass is 720 g/mol. The van der Waals surface area contributed by atoms with Crippen molar-refractivity contribution in [1.29, 1.82) is 0 Å². The van der Waals surface area contributed by atoms with Crippen molar-refractivity contribution < 1.29 is 52.7 Å². The molecule has 0 fully saturated rings. The van der Waals surface area contributed by atoms with Crippen LogP contribution in [-0.4, -0.2) is 133 Å². The first-order valence-corrected chi connectivity index (χ1v) is 16.9. The average Bonchev–Trinajstić information content (AvgIpc) is 3.11. The molecule has 5 N–H and O–H groups in total. The Hall–Kier alpha value is -4.14. The molecule has 0 aliphatic heterocycles. The smallest absolute Gasteiger partial charge is 0.220 e. The second kappa shape index (κ2) is 33.0. The van der Waals surface area contributed by atoms with Gasteiger partial charge in [-0.05, 0) is 19.3 Å². The summed E-state index contributed by atoms with van der Waals surface area (Å²) in [6.45, 7) is 7.41. The molecular weight excluding hydrogens is 664 g/mol. The molecule has 51 heavy (non-hydrogen) atoms. The number of rotatable bonds is 34. The van der Waals surface area contributed by atoms with Gasteiger partial charge in [0.1, 0.15) is 19.8 Å². The molecule has 0 unspecified atom stereocenters. The van der Waals surface area contributed by atoms with Gasteiger partial charge in [0.25, 0.3) is 0 Å². The molecule has 0 aliphatic carbocycles. The highest BCUT2D eigenvalue weighted by atomic mass is 16.5. The number of hydrogen-bond donors (Lipinski definition) is 5. The Labute approximate surface area is 302 Å². The molecule has 0 aromatic carbocycles. The SMILES string of the molecule is C#CCOCCOCCNC(=O)CCC(CCC(=O)NCCOCCOCC#C)(CCC(=O)NCCOCCOCC#C)NC(=O)CCC(=C)O. The van der Waals surface area contributed by atoms with Crippen molar-refractivity contribution in [3.63, 3.8) is 0 Å². The number of carbonyl (C=O) groups is 4. The van der Waals surface area contributed by atoms with Crippen LogP contribution in [0.5, 0.6) is 0 Å². The van der Waals surface area contributed by atoms with Crippen molar-refractivity contribution in [3.05, 3.63) is 12.3 Å². The first kappa shape index (κ1) is 46.9. The Balaban J connectivity index is 5.38. The molecule has 0 saturated heterocycles. The normalized spacial score (nSPS) is 10.7. The minimum atomic E-state index is -1.11. The van der Waals surface area contributed by atoms with Crippen molar-refractivity contribution >= 4 is 23.6 Å². The summed E-state index contributed by atoms with van der Waals surface area (Å²) in [6, 6.07) is 0.